The molecule has 1 fully saturated rings. The Morgan fingerprint density at radius 1 is 1.64 bits per heavy atom. The monoisotopic (exact) mass is 181 g/mol. The van der Waals surface area contributed by atoms with Crippen LogP contribution in [0.2, 0.25) is 0 Å². The molecule has 66 valence electrons. The smallest absolute Gasteiger partial charge is 0.334 e. The van der Waals surface area contributed by atoms with Gasteiger partial charge < -0.3 is 15.2 Å². The van der Waals surface area contributed by atoms with E-state index in [1.54, 1.807) is 0 Å². The Hall–Kier alpha value is -0.320. The molecule has 4 nitrogen and oxygen atoms in total. The van der Waals surface area contributed by atoms with Crippen LogP contribution in [-0.2, 0) is 9.53 Å². The number of rotatable bonds is 1. The maximum atomic E-state index is 10.3. The molecule has 0 aliphatic carbocycles. The van der Waals surface area contributed by atoms with Crippen LogP contribution < -0.4 is 5.32 Å². The Bertz CT molecular complexity index is 142. The summed E-state index contributed by atoms with van der Waals surface area (Å²) in [7, 11) is 0. The third-order valence-electron chi connectivity index (χ3n) is 1.43. The first-order valence-corrected chi connectivity index (χ1v) is 3.29. The minimum atomic E-state index is -0.890. The molecule has 1 heterocycles. The summed E-state index contributed by atoms with van der Waals surface area (Å²) in [5.74, 6) is -0.890. The van der Waals surface area contributed by atoms with E-state index in [1.165, 1.54) is 0 Å². The Morgan fingerprint density at radius 2 is 2.27 bits per heavy atom. The summed E-state index contributed by atoms with van der Waals surface area (Å²) >= 11 is 0. The molecule has 1 aliphatic rings. The molecule has 0 aromatic heterocycles. The zero-order chi connectivity index (χ0) is 7.56. The van der Waals surface area contributed by atoms with E-state index in [4.69, 9.17) is 9.84 Å². The molecule has 1 saturated heterocycles. The van der Waals surface area contributed by atoms with Crippen LogP contribution in [0.15, 0.2) is 0 Å². The van der Waals surface area contributed by atoms with Crippen molar-refractivity contribution in [2.75, 3.05) is 13.1 Å². The van der Waals surface area contributed by atoms with Crippen molar-refractivity contribution in [3.63, 3.8) is 0 Å². The maximum absolute atomic E-state index is 10.3. The van der Waals surface area contributed by atoms with Crippen LogP contribution in [-0.4, -0.2) is 36.4 Å². The zero-order valence-electron chi connectivity index (χ0n) is 6.24. The van der Waals surface area contributed by atoms with Crippen molar-refractivity contribution in [3.8, 4) is 0 Å². The highest BCUT2D eigenvalue weighted by atomic mass is 35.5. The number of carboxylic acid groups (broad SMARTS) is 1. The van der Waals surface area contributed by atoms with Crippen LogP contribution in [0.4, 0.5) is 0 Å². The molecule has 11 heavy (non-hydrogen) atoms. The van der Waals surface area contributed by atoms with Gasteiger partial charge in [0.25, 0.3) is 0 Å². The number of carboxylic acids is 1. The van der Waals surface area contributed by atoms with Crippen LogP contribution in [0.25, 0.3) is 0 Å². The first-order valence-electron chi connectivity index (χ1n) is 3.29. The second-order valence-corrected chi connectivity index (χ2v) is 2.43. The lowest BCUT2D eigenvalue weighted by Crippen LogP contribution is -2.46. The average Bonchev–Trinajstić information content (AvgIpc) is 1.88. The topological polar surface area (TPSA) is 58.6 Å². The van der Waals surface area contributed by atoms with Crippen LogP contribution in [0.1, 0.15) is 6.92 Å². The van der Waals surface area contributed by atoms with Gasteiger partial charge in [0, 0.05) is 13.1 Å². The lowest BCUT2D eigenvalue weighted by Gasteiger charge is -2.25. The van der Waals surface area contributed by atoms with E-state index in [9.17, 15) is 4.79 Å². The maximum Gasteiger partial charge on any atom is 0.334 e. The minimum absolute atomic E-state index is 0. The molecule has 0 spiro atoms. The van der Waals surface area contributed by atoms with Gasteiger partial charge in [0.1, 0.15) is 0 Å². The van der Waals surface area contributed by atoms with Gasteiger partial charge in [0.15, 0.2) is 6.10 Å². The molecule has 1 rings (SSSR count). The summed E-state index contributed by atoms with van der Waals surface area (Å²) in [5.41, 5.74) is 0. The molecule has 0 aromatic carbocycles. The molecular formula is C6H12ClNO3. The SMILES string of the molecule is CC1CNC[C@H](C(=O)O)O1.Cl. The standard InChI is InChI=1S/C6H11NO3.ClH/c1-4-2-7-3-5(10-4)6(8)9;/h4-5,7H,2-3H2,1H3,(H,8,9);1H/t4?,5-;/m1./s1. The Morgan fingerprint density at radius 3 is 2.64 bits per heavy atom. The van der Waals surface area contributed by atoms with E-state index in [0.29, 0.717) is 6.54 Å². The largest absolute Gasteiger partial charge is 0.479 e. The third-order valence-corrected chi connectivity index (χ3v) is 1.43. The second kappa shape index (κ2) is 4.54. The fourth-order valence-corrected chi connectivity index (χ4v) is 0.940. The van der Waals surface area contributed by atoms with Gasteiger partial charge in [-0.05, 0) is 6.92 Å². The summed E-state index contributed by atoms with van der Waals surface area (Å²) < 4.78 is 5.09. The summed E-state index contributed by atoms with van der Waals surface area (Å²) in [4.78, 5) is 10.3. The number of halogens is 1. The molecule has 2 N–H and O–H groups in total. The van der Waals surface area contributed by atoms with E-state index in [2.05, 4.69) is 5.32 Å². The van der Waals surface area contributed by atoms with Crippen molar-refractivity contribution in [2.45, 2.75) is 19.1 Å². The Kier molecular flexibility index (Phi) is 4.40. The third kappa shape index (κ3) is 3.05. The van der Waals surface area contributed by atoms with Crippen molar-refractivity contribution in [2.24, 2.45) is 0 Å². The molecule has 0 saturated carbocycles. The van der Waals surface area contributed by atoms with E-state index in [1.807, 2.05) is 6.92 Å². The molecule has 0 aromatic rings. The van der Waals surface area contributed by atoms with Crippen molar-refractivity contribution in [1.29, 1.82) is 0 Å². The van der Waals surface area contributed by atoms with Gasteiger partial charge in [-0.2, -0.15) is 0 Å². The number of hydrogen-bond acceptors (Lipinski definition) is 3. The Labute approximate surface area is 71.3 Å². The summed E-state index contributed by atoms with van der Waals surface area (Å²) in [6, 6.07) is 0. The van der Waals surface area contributed by atoms with Crippen molar-refractivity contribution in [3.05, 3.63) is 0 Å². The van der Waals surface area contributed by atoms with Crippen LogP contribution in [0, 0.1) is 0 Å². The normalized spacial score (nSPS) is 30.6. The molecule has 2 atom stereocenters. The number of hydrogen-bond donors (Lipinski definition) is 2. The minimum Gasteiger partial charge on any atom is -0.479 e. The second-order valence-electron chi connectivity index (χ2n) is 2.43. The van der Waals surface area contributed by atoms with E-state index < -0.39 is 12.1 Å². The van der Waals surface area contributed by atoms with Gasteiger partial charge in [0.2, 0.25) is 0 Å². The molecule has 5 heteroatoms. The lowest BCUT2D eigenvalue weighted by molar-refractivity contribution is -0.156. The molecule has 1 aliphatic heterocycles. The average molecular weight is 182 g/mol. The zero-order valence-corrected chi connectivity index (χ0v) is 7.06. The summed E-state index contributed by atoms with van der Waals surface area (Å²) in [6.45, 7) is 3.01. The van der Waals surface area contributed by atoms with E-state index >= 15 is 0 Å². The van der Waals surface area contributed by atoms with E-state index in [0.717, 1.165) is 6.54 Å². The number of carbonyl (C=O) groups is 1. The van der Waals surface area contributed by atoms with Gasteiger partial charge in [-0.1, -0.05) is 0 Å². The first kappa shape index (κ1) is 10.7. The molecule has 0 bridgehead atoms. The van der Waals surface area contributed by atoms with E-state index in [-0.39, 0.29) is 18.5 Å². The molecule has 0 radical (unpaired) electrons. The van der Waals surface area contributed by atoms with Gasteiger partial charge in [-0.15, -0.1) is 12.4 Å². The van der Waals surface area contributed by atoms with Gasteiger partial charge in [-0.3, -0.25) is 0 Å². The van der Waals surface area contributed by atoms with Crippen LogP contribution >= 0.6 is 12.4 Å². The highest BCUT2D eigenvalue weighted by Crippen LogP contribution is 2.02. The fraction of sp³-hybridized carbons (Fsp3) is 0.833. The predicted octanol–water partition coefficient (Wildman–Crippen LogP) is -0.130. The number of nitrogens with one attached hydrogen (secondary N) is 1. The van der Waals surface area contributed by atoms with Gasteiger partial charge in [0.05, 0.1) is 6.10 Å². The number of morpholine rings is 1. The van der Waals surface area contributed by atoms with Crippen LogP contribution in [0.5, 0.6) is 0 Å². The number of aliphatic carboxylic acids is 1. The Balaban J connectivity index is 0.000001000. The molecule has 0 amide bonds. The van der Waals surface area contributed by atoms with Crippen molar-refractivity contribution < 1.29 is 14.6 Å². The lowest BCUT2D eigenvalue weighted by atomic mass is 10.2. The highest BCUT2D eigenvalue weighted by Gasteiger charge is 2.24. The van der Waals surface area contributed by atoms with Gasteiger partial charge >= 0.3 is 5.97 Å². The predicted molar refractivity (Wildman–Crippen MR) is 42.1 cm³/mol. The first-order chi connectivity index (χ1) is 4.70. The molecule has 1 unspecified atom stereocenters. The number of ether oxygens (including phenoxy) is 1. The fourth-order valence-electron chi connectivity index (χ4n) is 0.940. The summed E-state index contributed by atoms with van der Waals surface area (Å²) in [5, 5.41) is 11.5. The van der Waals surface area contributed by atoms with Crippen molar-refractivity contribution >= 4 is 18.4 Å². The van der Waals surface area contributed by atoms with Crippen LogP contribution in [0.3, 0.4) is 0 Å². The highest BCUT2D eigenvalue weighted by molar-refractivity contribution is 5.85. The molecular weight excluding hydrogens is 170 g/mol. The summed E-state index contributed by atoms with van der Waals surface area (Å²) in [6.07, 6.45) is -0.654. The van der Waals surface area contributed by atoms with Gasteiger partial charge in [-0.25, -0.2) is 4.79 Å². The quantitative estimate of drug-likeness (QED) is 0.592. The van der Waals surface area contributed by atoms with Crippen molar-refractivity contribution in [1.82, 2.24) is 5.32 Å².